The number of hydrogen-bond acceptors (Lipinski definition) is 2. The molecule has 8 heteroatoms. The van der Waals surface area contributed by atoms with Crippen molar-refractivity contribution in [1.82, 2.24) is 14.2 Å². The zero-order valence-corrected chi connectivity index (χ0v) is 7.99. The predicted molar refractivity (Wildman–Crippen MR) is 50.1 cm³/mol. The highest BCUT2D eigenvalue weighted by atomic mass is 19.4. The van der Waals surface area contributed by atoms with E-state index in [1.54, 1.807) is 0 Å². The third-order valence-corrected chi connectivity index (χ3v) is 2.03. The molecule has 2 heterocycles. The molecule has 0 spiro atoms. The number of amidine groups is 1. The van der Waals surface area contributed by atoms with Crippen LogP contribution in [0, 0.1) is 5.41 Å². The molecule has 0 amide bonds. The molecule has 0 saturated heterocycles. The van der Waals surface area contributed by atoms with Crippen molar-refractivity contribution in [3.8, 4) is 0 Å². The van der Waals surface area contributed by atoms with Gasteiger partial charge >= 0.3 is 6.18 Å². The van der Waals surface area contributed by atoms with Gasteiger partial charge in [0.15, 0.2) is 5.69 Å². The van der Waals surface area contributed by atoms with Crippen molar-refractivity contribution in [2.24, 2.45) is 5.73 Å². The minimum Gasteiger partial charge on any atom is -0.386 e. The van der Waals surface area contributed by atoms with Crippen LogP contribution >= 0.6 is 0 Å². The highest BCUT2D eigenvalue weighted by Crippen LogP contribution is 2.28. The van der Waals surface area contributed by atoms with Crippen LogP contribution in [0.15, 0.2) is 18.5 Å². The van der Waals surface area contributed by atoms with Crippen molar-refractivity contribution in [2.75, 3.05) is 0 Å². The SMILES string of the molecule is N=C(N)Cn1ccn2nc(C(F)(F)F)cc12. The zero-order valence-electron chi connectivity index (χ0n) is 7.99. The van der Waals surface area contributed by atoms with Gasteiger partial charge in [0.25, 0.3) is 0 Å². The number of halogens is 3. The van der Waals surface area contributed by atoms with Crippen LogP contribution < -0.4 is 5.73 Å². The largest absolute Gasteiger partial charge is 0.435 e. The minimum absolute atomic E-state index is 0.0412. The summed E-state index contributed by atoms with van der Waals surface area (Å²) in [4.78, 5) is 0. The molecule has 0 bridgehead atoms. The lowest BCUT2D eigenvalue weighted by atomic mass is 10.4. The van der Waals surface area contributed by atoms with E-state index in [2.05, 4.69) is 5.10 Å². The van der Waals surface area contributed by atoms with Crippen molar-refractivity contribution in [3.63, 3.8) is 0 Å². The first-order chi connectivity index (χ1) is 7.38. The Balaban J connectivity index is 2.47. The first kappa shape index (κ1) is 10.5. The third kappa shape index (κ3) is 1.73. The Kier molecular flexibility index (Phi) is 2.14. The van der Waals surface area contributed by atoms with Crippen LogP contribution in [0.2, 0.25) is 0 Å². The van der Waals surface area contributed by atoms with E-state index >= 15 is 0 Å². The van der Waals surface area contributed by atoms with Gasteiger partial charge in [0, 0.05) is 18.5 Å². The van der Waals surface area contributed by atoms with E-state index in [4.69, 9.17) is 11.1 Å². The summed E-state index contributed by atoms with van der Waals surface area (Å²) in [5.74, 6) is -0.132. The molecule has 0 saturated carbocycles. The fourth-order valence-electron chi connectivity index (χ4n) is 1.38. The maximum Gasteiger partial charge on any atom is 0.435 e. The van der Waals surface area contributed by atoms with Crippen molar-refractivity contribution in [3.05, 3.63) is 24.2 Å². The van der Waals surface area contributed by atoms with Crippen LogP contribution in [0.25, 0.3) is 5.65 Å². The van der Waals surface area contributed by atoms with E-state index in [1.165, 1.54) is 17.0 Å². The molecule has 3 N–H and O–H groups in total. The molecule has 2 aromatic heterocycles. The Hall–Kier alpha value is -1.99. The van der Waals surface area contributed by atoms with Gasteiger partial charge in [-0.3, -0.25) is 5.41 Å². The molecule has 2 aromatic rings. The van der Waals surface area contributed by atoms with Gasteiger partial charge in [0.2, 0.25) is 0 Å². The molecule has 5 nitrogen and oxygen atoms in total. The van der Waals surface area contributed by atoms with Crippen LogP contribution in [0.3, 0.4) is 0 Å². The predicted octanol–water partition coefficient (Wildman–Crippen LogP) is 1.09. The van der Waals surface area contributed by atoms with Gasteiger partial charge in [-0.15, -0.1) is 0 Å². The number of alkyl halides is 3. The Labute approximate surface area is 87.8 Å². The Morgan fingerprint density at radius 2 is 2.12 bits per heavy atom. The second kappa shape index (κ2) is 3.26. The maximum absolute atomic E-state index is 12.3. The lowest BCUT2D eigenvalue weighted by Crippen LogP contribution is -2.17. The van der Waals surface area contributed by atoms with E-state index in [0.717, 1.165) is 10.6 Å². The van der Waals surface area contributed by atoms with Crippen LogP contribution in [0.4, 0.5) is 13.2 Å². The van der Waals surface area contributed by atoms with Crippen LogP contribution in [-0.4, -0.2) is 20.0 Å². The number of aromatic nitrogens is 3. The number of imidazole rings is 1. The zero-order chi connectivity index (χ0) is 11.9. The monoisotopic (exact) mass is 231 g/mol. The first-order valence-corrected chi connectivity index (χ1v) is 4.32. The minimum atomic E-state index is -4.47. The molecule has 0 fully saturated rings. The summed E-state index contributed by atoms with van der Waals surface area (Å²) in [6.07, 6.45) is -1.57. The Bertz CT molecular complexity index is 535. The summed E-state index contributed by atoms with van der Waals surface area (Å²) in [5, 5.41) is 10.5. The fourth-order valence-corrected chi connectivity index (χ4v) is 1.38. The lowest BCUT2D eigenvalue weighted by molar-refractivity contribution is -0.141. The number of fused-ring (bicyclic) bond motifs is 1. The van der Waals surface area contributed by atoms with Crippen molar-refractivity contribution in [1.29, 1.82) is 5.41 Å². The fraction of sp³-hybridized carbons (Fsp3) is 0.250. The molecule has 0 aliphatic carbocycles. The molecule has 0 unspecified atom stereocenters. The number of rotatable bonds is 2. The van der Waals surface area contributed by atoms with Gasteiger partial charge in [-0.1, -0.05) is 0 Å². The van der Waals surface area contributed by atoms with E-state index in [0.29, 0.717) is 0 Å². The lowest BCUT2D eigenvalue weighted by Gasteiger charge is -2.00. The summed E-state index contributed by atoms with van der Waals surface area (Å²) in [7, 11) is 0. The van der Waals surface area contributed by atoms with Crippen LogP contribution in [0.1, 0.15) is 5.69 Å². The van der Waals surface area contributed by atoms with Gasteiger partial charge in [-0.25, -0.2) is 4.52 Å². The van der Waals surface area contributed by atoms with Crippen molar-refractivity contribution < 1.29 is 13.2 Å². The number of nitrogens with one attached hydrogen (secondary N) is 1. The molecule has 16 heavy (non-hydrogen) atoms. The summed E-state index contributed by atoms with van der Waals surface area (Å²) < 4.78 is 39.6. The molecule has 2 rings (SSSR count). The third-order valence-electron chi connectivity index (χ3n) is 2.03. The van der Waals surface area contributed by atoms with E-state index in [-0.39, 0.29) is 18.0 Å². The molecular weight excluding hydrogens is 223 g/mol. The van der Waals surface area contributed by atoms with Gasteiger partial charge < -0.3 is 10.3 Å². The normalized spacial score (nSPS) is 12.2. The summed E-state index contributed by atoms with van der Waals surface area (Å²) in [6, 6.07) is 0.920. The van der Waals surface area contributed by atoms with Crippen molar-refractivity contribution >= 4 is 11.5 Å². The number of nitrogens with zero attached hydrogens (tertiary/aromatic N) is 3. The second-order valence-electron chi connectivity index (χ2n) is 3.28. The smallest absolute Gasteiger partial charge is 0.386 e. The molecule has 86 valence electrons. The molecule has 0 aromatic carbocycles. The van der Waals surface area contributed by atoms with Gasteiger partial charge in [-0.2, -0.15) is 18.3 Å². The average Bonchev–Trinajstić information content (AvgIpc) is 2.64. The standard InChI is InChI=1S/C8H8F3N5/c9-8(10,11)5-3-7-15(4-6(12)13)1-2-16(7)14-5/h1-3H,4H2,(H3,12,13). The van der Waals surface area contributed by atoms with E-state index in [9.17, 15) is 13.2 Å². The van der Waals surface area contributed by atoms with Crippen LogP contribution in [0.5, 0.6) is 0 Å². The first-order valence-electron chi connectivity index (χ1n) is 4.32. The van der Waals surface area contributed by atoms with E-state index in [1.807, 2.05) is 0 Å². The summed E-state index contributed by atoms with van der Waals surface area (Å²) in [6.45, 7) is 0.0412. The Morgan fingerprint density at radius 1 is 1.44 bits per heavy atom. The maximum atomic E-state index is 12.3. The summed E-state index contributed by atoms with van der Waals surface area (Å²) in [5.41, 5.74) is 4.47. The molecule has 0 radical (unpaired) electrons. The highest BCUT2D eigenvalue weighted by molar-refractivity contribution is 5.77. The highest BCUT2D eigenvalue weighted by Gasteiger charge is 2.34. The number of hydrogen-bond donors (Lipinski definition) is 2. The number of nitrogens with two attached hydrogens (primary N) is 1. The topological polar surface area (TPSA) is 72.1 Å². The molecule has 0 aliphatic heterocycles. The second-order valence-corrected chi connectivity index (χ2v) is 3.28. The van der Waals surface area contributed by atoms with E-state index < -0.39 is 11.9 Å². The summed E-state index contributed by atoms with van der Waals surface area (Å²) >= 11 is 0. The average molecular weight is 231 g/mol. The quantitative estimate of drug-likeness (QED) is 0.599. The molecular formula is C8H8F3N5. The van der Waals surface area contributed by atoms with Crippen molar-refractivity contribution in [2.45, 2.75) is 12.7 Å². The van der Waals surface area contributed by atoms with Gasteiger partial charge in [0.05, 0.1) is 6.54 Å². The molecule has 0 atom stereocenters. The van der Waals surface area contributed by atoms with Gasteiger partial charge in [0.1, 0.15) is 11.5 Å². The van der Waals surface area contributed by atoms with Gasteiger partial charge in [-0.05, 0) is 0 Å². The van der Waals surface area contributed by atoms with Crippen LogP contribution in [-0.2, 0) is 12.7 Å². The Morgan fingerprint density at radius 3 is 2.69 bits per heavy atom. The molecule has 0 aliphatic rings.